The number of ether oxygens (including phenoxy) is 3. The molecule has 2 saturated carbocycles. The molecule has 0 unspecified atom stereocenters. The van der Waals surface area contributed by atoms with Crippen LogP contribution < -0.4 is 14.8 Å². The smallest absolute Gasteiger partial charge is 0.412 e. The fourth-order valence-corrected chi connectivity index (χ4v) is 11.5. The van der Waals surface area contributed by atoms with E-state index in [1.54, 1.807) is 42.5 Å². The average molecular weight is 987 g/mol. The normalized spacial score (nSPS) is 22.7. The van der Waals surface area contributed by atoms with E-state index in [0.717, 1.165) is 61.6 Å². The van der Waals surface area contributed by atoms with Crippen molar-refractivity contribution >= 4 is 23.4 Å². The third-order valence-electron chi connectivity index (χ3n) is 14.9. The standard InChI is InChI=1S/C57H67FN4O10/c1-2-32-69-57-52(61(37-41-18-23-44(58)24-19-41)53(65)29-22-39-12-6-7-13-39)35-50(60-70-38-42-20-25-45(26-21-42)62(67)68)48-33-43(16-8-10-30-63)47(17-9-11-31-64)54(55(48)57)49-34-46(27-28-51(49)72-57)71-56(66)59-36-40-14-4-3-5-15-40/h2-5,14-15,18-21,23-28,33-34,39,43,47,52,54-55,63-64H,1,6-13,16-17,22,29-32,35-38H2,(H,59,66)/t43-,47+,52-,54+,55+,57+/m0/s1. The quantitative estimate of drug-likeness (QED) is 0.0264. The summed E-state index contributed by atoms with van der Waals surface area (Å²) in [4.78, 5) is 47.7. The molecule has 3 aliphatic carbocycles. The Morgan fingerprint density at radius 1 is 0.917 bits per heavy atom. The zero-order chi connectivity index (χ0) is 50.5. The number of nitrogens with one attached hydrogen (secondary N) is 1. The first kappa shape index (κ1) is 51.9. The number of aliphatic hydroxyl groups excluding tert-OH is 2. The highest BCUT2D eigenvalue weighted by atomic mass is 19.1. The fourth-order valence-electron chi connectivity index (χ4n) is 11.5. The van der Waals surface area contributed by atoms with Crippen LogP contribution >= 0.6 is 0 Å². The van der Waals surface area contributed by atoms with E-state index in [1.165, 1.54) is 24.3 Å². The van der Waals surface area contributed by atoms with Crippen LogP contribution in [-0.2, 0) is 34.1 Å². The van der Waals surface area contributed by atoms with E-state index in [4.69, 9.17) is 24.2 Å². The molecule has 1 aliphatic heterocycles. The van der Waals surface area contributed by atoms with Crippen molar-refractivity contribution in [2.45, 2.75) is 121 Å². The lowest BCUT2D eigenvalue weighted by Crippen LogP contribution is -2.70. The number of fused-ring (bicyclic) bond motifs is 2. The van der Waals surface area contributed by atoms with E-state index >= 15 is 4.79 Å². The van der Waals surface area contributed by atoms with Gasteiger partial charge in [-0.1, -0.05) is 98.3 Å². The first-order chi connectivity index (χ1) is 35.1. The second-order valence-corrected chi connectivity index (χ2v) is 19.5. The maximum absolute atomic E-state index is 15.3. The molecule has 0 saturated heterocycles. The average Bonchev–Trinajstić information content (AvgIpc) is 3.92. The van der Waals surface area contributed by atoms with Crippen molar-refractivity contribution in [3.63, 3.8) is 0 Å². The molecule has 4 aromatic carbocycles. The van der Waals surface area contributed by atoms with Crippen LogP contribution in [0.1, 0.15) is 112 Å². The van der Waals surface area contributed by atoms with E-state index in [-0.39, 0.29) is 75.8 Å². The Morgan fingerprint density at radius 3 is 2.35 bits per heavy atom. The minimum atomic E-state index is -1.56. The Labute approximate surface area is 421 Å². The Morgan fingerprint density at radius 2 is 1.64 bits per heavy atom. The number of nitrogens with zero attached hydrogens (tertiary/aromatic N) is 3. The highest BCUT2D eigenvalue weighted by Gasteiger charge is 2.65. The number of nitro groups is 1. The third-order valence-corrected chi connectivity index (χ3v) is 14.9. The molecule has 382 valence electrons. The first-order valence-electron chi connectivity index (χ1n) is 25.6. The van der Waals surface area contributed by atoms with Gasteiger partial charge < -0.3 is 39.5 Å². The highest BCUT2D eigenvalue weighted by molar-refractivity contribution is 6.03. The molecular formula is C57H67FN4O10. The number of hydrogen-bond acceptors (Lipinski definition) is 11. The van der Waals surface area contributed by atoms with Gasteiger partial charge in [-0.25, -0.2) is 9.18 Å². The summed E-state index contributed by atoms with van der Waals surface area (Å²) >= 11 is 0. The molecule has 15 heteroatoms. The lowest BCUT2D eigenvalue weighted by Gasteiger charge is -2.60. The van der Waals surface area contributed by atoms with Crippen molar-refractivity contribution in [3.8, 4) is 11.5 Å². The maximum Gasteiger partial charge on any atom is 0.412 e. The van der Waals surface area contributed by atoms with Gasteiger partial charge in [-0.15, -0.1) is 6.58 Å². The van der Waals surface area contributed by atoms with Crippen LogP contribution in [0.3, 0.4) is 0 Å². The van der Waals surface area contributed by atoms with Gasteiger partial charge in [0.15, 0.2) is 0 Å². The molecule has 2 fully saturated rings. The summed E-state index contributed by atoms with van der Waals surface area (Å²) < 4.78 is 35.1. The zero-order valence-electron chi connectivity index (χ0n) is 40.9. The summed E-state index contributed by atoms with van der Waals surface area (Å²) in [6.45, 7) is 4.55. The van der Waals surface area contributed by atoms with Crippen LogP contribution in [0.15, 0.2) is 127 Å². The SMILES string of the molecule is C=CCO[C@@]12Oc3ccc(OC(=O)NCc4ccccc4)cc3[C@H]3[C@H](CCCCO)[C@@H](CCCCO)C=C(C(=NOCc4ccc([N+](=O)[O-])cc4)C[C@@H]1N(Cc1ccc(F)cc1)C(=O)CCC1CCCC1)[C@H]32. The first-order valence-corrected chi connectivity index (χ1v) is 25.6. The van der Waals surface area contributed by atoms with Crippen molar-refractivity contribution in [2.75, 3.05) is 19.8 Å². The van der Waals surface area contributed by atoms with Crippen molar-refractivity contribution in [3.05, 3.63) is 160 Å². The van der Waals surface area contributed by atoms with E-state index < -0.39 is 40.5 Å². The molecule has 0 aromatic heterocycles. The zero-order valence-corrected chi connectivity index (χ0v) is 40.9. The van der Waals surface area contributed by atoms with E-state index in [2.05, 4.69) is 18.0 Å². The molecule has 4 aromatic rings. The van der Waals surface area contributed by atoms with Gasteiger partial charge in [-0.05, 0) is 115 Å². The number of halogens is 1. The largest absolute Gasteiger partial charge is 0.459 e. The van der Waals surface area contributed by atoms with Crippen LogP contribution in [0.4, 0.5) is 14.9 Å². The Kier molecular flexibility index (Phi) is 17.9. The second-order valence-electron chi connectivity index (χ2n) is 19.5. The van der Waals surface area contributed by atoms with Gasteiger partial charge in [0.1, 0.15) is 30.0 Å². The number of unbranched alkanes of at least 4 members (excludes halogenated alkanes) is 2. The number of allylic oxidation sites excluding steroid dienone is 1. The molecule has 8 rings (SSSR count). The number of nitro benzene ring substituents is 1. The van der Waals surface area contributed by atoms with Gasteiger partial charge >= 0.3 is 6.09 Å². The number of amides is 2. The van der Waals surface area contributed by atoms with E-state index in [9.17, 15) is 29.5 Å². The lowest BCUT2D eigenvalue weighted by molar-refractivity contribution is -0.384. The summed E-state index contributed by atoms with van der Waals surface area (Å²) in [5.41, 5.74) is 4.41. The van der Waals surface area contributed by atoms with Crippen LogP contribution in [-0.4, -0.2) is 69.4 Å². The monoisotopic (exact) mass is 986 g/mol. The number of hydrogen-bond donors (Lipinski definition) is 3. The molecule has 14 nitrogen and oxygen atoms in total. The predicted octanol–water partition coefficient (Wildman–Crippen LogP) is 10.9. The Balaban J connectivity index is 1.28. The van der Waals surface area contributed by atoms with Gasteiger partial charge in [-0.2, -0.15) is 0 Å². The maximum atomic E-state index is 15.3. The summed E-state index contributed by atoms with van der Waals surface area (Å²) in [6, 6.07) is 26.3. The van der Waals surface area contributed by atoms with Crippen LogP contribution in [0.25, 0.3) is 0 Å². The summed E-state index contributed by atoms with van der Waals surface area (Å²) in [7, 11) is 0. The molecule has 0 spiro atoms. The van der Waals surface area contributed by atoms with E-state index in [0.29, 0.717) is 59.9 Å². The molecule has 2 amide bonds. The lowest BCUT2D eigenvalue weighted by atomic mass is 9.55. The Bertz CT molecular complexity index is 2530. The number of rotatable bonds is 24. The fraction of sp³-hybridized carbons (Fsp3) is 0.456. The van der Waals surface area contributed by atoms with Crippen molar-refractivity contribution < 1.29 is 48.2 Å². The molecule has 3 N–H and O–H groups in total. The number of oxime groups is 1. The molecule has 72 heavy (non-hydrogen) atoms. The number of non-ortho nitro benzene ring substituents is 1. The van der Waals surface area contributed by atoms with Crippen LogP contribution in [0, 0.1) is 39.6 Å². The molecular weight excluding hydrogens is 920 g/mol. The van der Waals surface area contributed by atoms with Crippen molar-refractivity contribution in [2.24, 2.45) is 28.8 Å². The minimum absolute atomic E-state index is 0.00133. The second kappa shape index (κ2) is 24.8. The summed E-state index contributed by atoms with van der Waals surface area (Å²) in [6.07, 6.45) is 12.9. The number of aliphatic hydroxyl groups is 2. The van der Waals surface area contributed by atoms with E-state index in [1.807, 2.05) is 41.3 Å². The molecule has 0 radical (unpaired) electrons. The topological polar surface area (TPSA) is 182 Å². The molecule has 0 bridgehead atoms. The summed E-state index contributed by atoms with van der Waals surface area (Å²) in [5.74, 6) is -2.02. The van der Waals surface area contributed by atoms with Gasteiger partial charge in [0, 0.05) is 62.8 Å². The predicted molar refractivity (Wildman–Crippen MR) is 270 cm³/mol. The van der Waals surface area contributed by atoms with Crippen molar-refractivity contribution in [1.29, 1.82) is 0 Å². The highest BCUT2D eigenvalue weighted by Crippen LogP contribution is 2.62. The minimum Gasteiger partial charge on any atom is -0.459 e. The molecule has 6 atom stereocenters. The summed E-state index contributed by atoms with van der Waals surface area (Å²) in [5, 5.41) is 39.3. The van der Waals surface area contributed by atoms with Gasteiger partial charge in [-0.3, -0.25) is 14.9 Å². The number of benzene rings is 4. The van der Waals surface area contributed by atoms with Crippen LogP contribution in [0.2, 0.25) is 0 Å². The molecule has 4 aliphatic rings. The van der Waals surface area contributed by atoms with Crippen LogP contribution in [0.5, 0.6) is 11.5 Å². The number of carbonyl (C=O) groups excluding carboxylic acids is 2. The Hall–Kier alpha value is -6.42. The van der Waals surface area contributed by atoms with Gasteiger partial charge in [0.25, 0.3) is 5.69 Å². The van der Waals surface area contributed by atoms with Crippen molar-refractivity contribution in [1.82, 2.24) is 10.2 Å². The third kappa shape index (κ3) is 12.4. The molecule has 1 heterocycles. The van der Waals surface area contributed by atoms with Gasteiger partial charge in [0.05, 0.1) is 23.2 Å². The number of carbonyl (C=O) groups is 2. The van der Waals surface area contributed by atoms with Gasteiger partial charge in [0.2, 0.25) is 11.7 Å².